The average molecular weight is 196 g/mol. The van der Waals surface area contributed by atoms with E-state index in [9.17, 15) is 0 Å². The zero-order valence-corrected chi connectivity index (χ0v) is 8.58. The Balaban J connectivity index is 2.64. The fourth-order valence-electron chi connectivity index (χ4n) is 1.04. The summed E-state index contributed by atoms with van der Waals surface area (Å²) < 4.78 is 3.94. The minimum absolute atomic E-state index is 0.362. The molecule has 0 aliphatic carbocycles. The quantitative estimate of drug-likeness (QED) is 0.735. The highest BCUT2D eigenvalue weighted by Gasteiger charge is 2.12. The Morgan fingerprint density at radius 2 is 2.46 bits per heavy atom. The van der Waals surface area contributed by atoms with Gasteiger partial charge in [0, 0.05) is 24.1 Å². The number of anilines is 1. The first kappa shape index (κ1) is 9.93. The van der Waals surface area contributed by atoms with Crippen molar-refractivity contribution in [1.82, 2.24) is 9.36 Å². The maximum Gasteiger partial charge on any atom is 0.205 e. The summed E-state index contributed by atoms with van der Waals surface area (Å²) in [5.74, 6) is 0. The Bertz CT molecular complexity index is 275. The molecule has 1 heterocycles. The van der Waals surface area contributed by atoms with E-state index in [1.165, 1.54) is 11.5 Å². The number of nitriles is 1. The third-order valence-corrected chi connectivity index (χ3v) is 2.39. The van der Waals surface area contributed by atoms with Crippen LogP contribution in [-0.4, -0.2) is 21.9 Å². The molecule has 0 aliphatic rings. The molecule has 5 heteroatoms. The summed E-state index contributed by atoms with van der Waals surface area (Å²) in [4.78, 5) is 6.20. The molecular weight excluding hydrogens is 184 g/mol. The molecule has 0 radical (unpaired) electrons. The molecule has 0 saturated carbocycles. The van der Waals surface area contributed by atoms with Gasteiger partial charge in [-0.25, -0.2) is 4.98 Å². The van der Waals surface area contributed by atoms with Crippen LogP contribution in [0.25, 0.3) is 0 Å². The maximum atomic E-state index is 8.49. The molecule has 1 aromatic heterocycles. The zero-order valence-electron chi connectivity index (χ0n) is 7.77. The van der Waals surface area contributed by atoms with Crippen LogP contribution in [-0.2, 0) is 0 Å². The van der Waals surface area contributed by atoms with Crippen LogP contribution in [0.3, 0.4) is 0 Å². The van der Waals surface area contributed by atoms with Crippen molar-refractivity contribution in [2.45, 2.75) is 26.3 Å². The zero-order chi connectivity index (χ0) is 9.68. The van der Waals surface area contributed by atoms with Gasteiger partial charge in [0.25, 0.3) is 0 Å². The van der Waals surface area contributed by atoms with E-state index in [1.54, 1.807) is 6.33 Å². The number of hydrogen-bond acceptors (Lipinski definition) is 5. The summed E-state index contributed by atoms with van der Waals surface area (Å²) in [5.41, 5.74) is 0. The minimum Gasteiger partial charge on any atom is -0.343 e. The first-order valence-corrected chi connectivity index (χ1v) is 4.93. The highest BCUT2D eigenvalue weighted by atomic mass is 32.1. The second-order valence-corrected chi connectivity index (χ2v) is 3.68. The number of rotatable bonds is 4. The van der Waals surface area contributed by atoms with Gasteiger partial charge in [-0.1, -0.05) is 0 Å². The van der Waals surface area contributed by atoms with Gasteiger partial charge < -0.3 is 4.90 Å². The fourth-order valence-corrected chi connectivity index (χ4v) is 1.73. The molecule has 0 saturated heterocycles. The van der Waals surface area contributed by atoms with Crippen molar-refractivity contribution in [3.63, 3.8) is 0 Å². The normalized spacial score (nSPS) is 10.0. The molecule has 0 aliphatic heterocycles. The minimum atomic E-state index is 0.362. The van der Waals surface area contributed by atoms with Crippen molar-refractivity contribution >= 4 is 16.7 Å². The second-order valence-electron chi connectivity index (χ2n) is 2.92. The van der Waals surface area contributed by atoms with Crippen molar-refractivity contribution < 1.29 is 0 Å². The van der Waals surface area contributed by atoms with Gasteiger partial charge in [-0.2, -0.15) is 9.64 Å². The Morgan fingerprint density at radius 1 is 1.69 bits per heavy atom. The van der Waals surface area contributed by atoms with Gasteiger partial charge in [0.1, 0.15) is 6.33 Å². The van der Waals surface area contributed by atoms with E-state index in [2.05, 4.69) is 34.2 Å². The molecule has 1 aromatic rings. The van der Waals surface area contributed by atoms with Crippen molar-refractivity contribution in [2.24, 2.45) is 0 Å². The molecule has 0 unspecified atom stereocenters. The fraction of sp³-hybridized carbons (Fsp3) is 0.625. The molecule has 0 spiro atoms. The van der Waals surface area contributed by atoms with Crippen molar-refractivity contribution in [1.29, 1.82) is 5.26 Å². The average Bonchev–Trinajstić information content (AvgIpc) is 2.57. The highest BCUT2D eigenvalue weighted by Crippen LogP contribution is 2.17. The van der Waals surface area contributed by atoms with Crippen LogP contribution in [0.4, 0.5) is 5.13 Å². The Labute approximate surface area is 82.0 Å². The Hall–Kier alpha value is -1.15. The largest absolute Gasteiger partial charge is 0.343 e. The van der Waals surface area contributed by atoms with Crippen LogP contribution in [0, 0.1) is 11.3 Å². The van der Waals surface area contributed by atoms with E-state index in [-0.39, 0.29) is 0 Å². The molecule has 0 amide bonds. The molecule has 0 N–H and O–H groups in total. The summed E-state index contributed by atoms with van der Waals surface area (Å²) in [7, 11) is 0. The molecule has 1 rings (SSSR count). The summed E-state index contributed by atoms with van der Waals surface area (Å²) in [5, 5.41) is 9.38. The van der Waals surface area contributed by atoms with Gasteiger partial charge in [0.05, 0.1) is 12.5 Å². The van der Waals surface area contributed by atoms with E-state index >= 15 is 0 Å². The molecule has 4 nitrogen and oxygen atoms in total. The lowest BCUT2D eigenvalue weighted by Gasteiger charge is -2.24. The van der Waals surface area contributed by atoms with Crippen LogP contribution in [0.1, 0.15) is 20.3 Å². The lowest BCUT2D eigenvalue weighted by molar-refractivity contribution is 0.684. The van der Waals surface area contributed by atoms with Crippen molar-refractivity contribution in [3.05, 3.63) is 6.33 Å². The van der Waals surface area contributed by atoms with E-state index < -0.39 is 0 Å². The van der Waals surface area contributed by atoms with Gasteiger partial charge in [-0.05, 0) is 13.8 Å². The molecule has 13 heavy (non-hydrogen) atoms. The monoisotopic (exact) mass is 196 g/mol. The van der Waals surface area contributed by atoms with E-state index in [1.807, 2.05) is 0 Å². The Morgan fingerprint density at radius 3 is 2.92 bits per heavy atom. The lowest BCUT2D eigenvalue weighted by atomic mass is 10.3. The second kappa shape index (κ2) is 4.77. The van der Waals surface area contributed by atoms with Crippen molar-refractivity contribution in [3.8, 4) is 6.07 Å². The first-order valence-electron chi connectivity index (χ1n) is 4.16. The topological polar surface area (TPSA) is 52.8 Å². The van der Waals surface area contributed by atoms with Gasteiger partial charge in [0.2, 0.25) is 5.13 Å². The van der Waals surface area contributed by atoms with Crippen LogP contribution < -0.4 is 4.90 Å². The number of aromatic nitrogens is 2. The van der Waals surface area contributed by atoms with Gasteiger partial charge >= 0.3 is 0 Å². The number of nitrogens with zero attached hydrogens (tertiary/aromatic N) is 4. The predicted molar refractivity (Wildman–Crippen MR) is 52.6 cm³/mol. The van der Waals surface area contributed by atoms with E-state index in [0.717, 1.165) is 11.7 Å². The summed E-state index contributed by atoms with van der Waals surface area (Å²) in [6, 6.07) is 2.49. The molecule has 70 valence electrons. The van der Waals surface area contributed by atoms with E-state index in [0.29, 0.717) is 12.5 Å². The SMILES string of the molecule is CC(C)N(CCC#N)c1ncns1. The third-order valence-electron chi connectivity index (χ3n) is 1.68. The smallest absolute Gasteiger partial charge is 0.205 e. The Kier molecular flexibility index (Phi) is 3.65. The molecule has 0 fully saturated rings. The standard InChI is InChI=1S/C8H12N4S/c1-7(2)12(5-3-4-9)8-10-6-11-13-8/h6-7H,3,5H2,1-2H3. The highest BCUT2D eigenvalue weighted by molar-refractivity contribution is 7.09. The molecule has 0 aromatic carbocycles. The van der Waals surface area contributed by atoms with E-state index in [4.69, 9.17) is 5.26 Å². The third kappa shape index (κ3) is 2.67. The van der Waals surface area contributed by atoms with Crippen LogP contribution in [0.5, 0.6) is 0 Å². The van der Waals surface area contributed by atoms with Gasteiger partial charge in [-0.15, -0.1) is 0 Å². The summed E-state index contributed by atoms with van der Waals surface area (Å²) in [6.45, 7) is 4.89. The molecular formula is C8H12N4S. The van der Waals surface area contributed by atoms with Crippen molar-refractivity contribution in [2.75, 3.05) is 11.4 Å². The van der Waals surface area contributed by atoms with Crippen LogP contribution >= 0.6 is 11.5 Å². The van der Waals surface area contributed by atoms with Crippen LogP contribution in [0.2, 0.25) is 0 Å². The van der Waals surface area contributed by atoms with Gasteiger partial charge in [0.15, 0.2) is 0 Å². The summed E-state index contributed by atoms with van der Waals surface area (Å²) in [6.07, 6.45) is 2.07. The predicted octanol–water partition coefficient (Wildman–Crippen LogP) is 1.67. The maximum absolute atomic E-state index is 8.49. The molecule has 0 atom stereocenters. The molecule has 0 bridgehead atoms. The lowest BCUT2D eigenvalue weighted by Crippen LogP contribution is -2.31. The first-order chi connectivity index (χ1) is 6.25. The summed E-state index contributed by atoms with van der Waals surface area (Å²) >= 11 is 1.37. The van der Waals surface area contributed by atoms with Crippen LogP contribution in [0.15, 0.2) is 6.33 Å². The number of hydrogen-bond donors (Lipinski definition) is 0. The van der Waals surface area contributed by atoms with Gasteiger partial charge in [-0.3, -0.25) is 0 Å².